The molecule has 1 heterocycles. The van der Waals surface area contributed by atoms with Gasteiger partial charge in [0, 0.05) is 5.75 Å². The molecule has 3 rings (SSSR count). The maximum Gasteiger partial charge on any atom is 0.216 e. The number of thioether (sulfide) groups is 1. The topological polar surface area (TPSA) is 67.6 Å². The molecule has 2 saturated carbocycles. The Hall–Kier alpha value is -0.710. The monoisotopic (exact) mass is 224 g/mol. The first-order chi connectivity index (χ1) is 7.31. The highest BCUT2D eigenvalue weighted by Crippen LogP contribution is 2.49. The van der Waals surface area contributed by atoms with Gasteiger partial charge in [-0.1, -0.05) is 18.2 Å². The van der Waals surface area contributed by atoms with Gasteiger partial charge in [0.1, 0.15) is 0 Å². The summed E-state index contributed by atoms with van der Waals surface area (Å²) in [5.74, 6) is 4.49. The second kappa shape index (κ2) is 3.70. The molecule has 1 aromatic heterocycles. The van der Waals surface area contributed by atoms with E-state index in [1.165, 1.54) is 31.4 Å². The Morgan fingerprint density at radius 2 is 2.33 bits per heavy atom. The van der Waals surface area contributed by atoms with Gasteiger partial charge >= 0.3 is 0 Å². The SMILES string of the molecule is Nc1nc(SCC2CC3CCC2C3)n[nH]1. The molecular formula is C10H16N4S. The minimum atomic E-state index is 0.422. The van der Waals surface area contributed by atoms with E-state index in [1.54, 1.807) is 11.8 Å². The fourth-order valence-corrected chi connectivity index (χ4v) is 4.13. The van der Waals surface area contributed by atoms with Gasteiger partial charge in [0.25, 0.3) is 0 Å². The number of hydrogen-bond donors (Lipinski definition) is 2. The summed E-state index contributed by atoms with van der Waals surface area (Å²) < 4.78 is 0. The predicted octanol–water partition coefficient (Wildman–Crippen LogP) is 1.92. The van der Waals surface area contributed by atoms with E-state index in [0.717, 1.165) is 22.9 Å². The summed E-state index contributed by atoms with van der Waals surface area (Å²) in [7, 11) is 0. The molecule has 3 unspecified atom stereocenters. The van der Waals surface area contributed by atoms with Crippen LogP contribution in [0.4, 0.5) is 5.95 Å². The molecule has 0 aromatic carbocycles. The van der Waals surface area contributed by atoms with Gasteiger partial charge in [0.05, 0.1) is 0 Å². The molecule has 82 valence electrons. The number of nitrogens with zero attached hydrogens (tertiary/aromatic N) is 2. The summed E-state index contributed by atoms with van der Waals surface area (Å²) in [5.41, 5.74) is 5.48. The average molecular weight is 224 g/mol. The van der Waals surface area contributed by atoms with Gasteiger partial charge in [-0.25, -0.2) is 5.10 Å². The second-order valence-corrected chi connectivity index (χ2v) is 5.74. The van der Waals surface area contributed by atoms with E-state index in [-0.39, 0.29) is 0 Å². The summed E-state index contributed by atoms with van der Waals surface area (Å²) in [6, 6.07) is 0. The Morgan fingerprint density at radius 3 is 2.93 bits per heavy atom. The fourth-order valence-electron chi connectivity index (χ4n) is 3.08. The lowest BCUT2D eigenvalue weighted by Gasteiger charge is -2.20. The summed E-state index contributed by atoms with van der Waals surface area (Å²) in [6.45, 7) is 0. The predicted molar refractivity (Wildman–Crippen MR) is 60.5 cm³/mol. The number of nitrogens with two attached hydrogens (primary N) is 1. The number of nitrogens with one attached hydrogen (secondary N) is 1. The molecule has 0 aliphatic heterocycles. The third-order valence-corrected chi connectivity index (χ3v) is 4.83. The van der Waals surface area contributed by atoms with Gasteiger partial charge in [0.15, 0.2) is 0 Å². The van der Waals surface area contributed by atoms with E-state index in [1.807, 2.05) is 0 Å². The summed E-state index contributed by atoms with van der Waals surface area (Å²) in [5, 5.41) is 7.52. The zero-order chi connectivity index (χ0) is 10.3. The molecular weight excluding hydrogens is 208 g/mol. The standard InChI is InChI=1S/C10H16N4S/c11-9-12-10(14-13-9)15-5-8-4-6-1-2-7(8)3-6/h6-8H,1-5H2,(H3,11,12,13,14). The van der Waals surface area contributed by atoms with E-state index in [0.29, 0.717) is 5.95 Å². The maximum atomic E-state index is 5.48. The number of aromatic nitrogens is 3. The van der Waals surface area contributed by atoms with Crippen molar-refractivity contribution in [3.63, 3.8) is 0 Å². The van der Waals surface area contributed by atoms with Gasteiger partial charge in [-0.2, -0.15) is 4.98 Å². The molecule has 1 aromatic rings. The van der Waals surface area contributed by atoms with E-state index in [2.05, 4.69) is 15.2 Å². The second-order valence-electron chi connectivity index (χ2n) is 4.75. The van der Waals surface area contributed by atoms with Gasteiger partial charge in [-0.15, -0.1) is 5.10 Å². The first-order valence-corrected chi connectivity index (χ1v) is 6.60. The van der Waals surface area contributed by atoms with E-state index in [4.69, 9.17) is 5.73 Å². The first-order valence-electron chi connectivity index (χ1n) is 5.62. The molecule has 15 heavy (non-hydrogen) atoms. The van der Waals surface area contributed by atoms with Crippen LogP contribution in [0.2, 0.25) is 0 Å². The fraction of sp³-hybridized carbons (Fsp3) is 0.800. The zero-order valence-corrected chi connectivity index (χ0v) is 9.46. The van der Waals surface area contributed by atoms with Crippen LogP contribution in [0.5, 0.6) is 0 Å². The van der Waals surface area contributed by atoms with Crippen molar-refractivity contribution in [2.75, 3.05) is 11.5 Å². The van der Waals surface area contributed by atoms with Gasteiger partial charge in [-0.3, -0.25) is 0 Å². The van der Waals surface area contributed by atoms with Crippen LogP contribution in [0.15, 0.2) is 5.16 Å². The highest BCUT2D eigenvalue weighted by Gasteiger charge is 2.39. The minimum absolute atomic E-state index is 0.422. The van der Waals surface area contributed by atoms with Crippen molar-refractivity contribution in [1.82, 2.24) is 15.2 Å². The molecule has 2 aliphatic rings. The molecule has 0 saturated heterocycles. The van der Waals surface area contributed by atoms with Crippen LogP contribution < -0.4 is 5.73 Å². The Labute approximate surface area is 93.4 Å². The lowest BCUT2D eigenvalue weighted by atomic mass is 9.90. The number of fused-ring (bicyclic) bond motifs is 2. The molecule has 2 bridgehead atoms. The molecule has 3 N–H and O–H groups in total. The van der Waals surface area contributed by atoms with Crippen LogP contribution in [-0.4, -0.2) is 20.9 Å². The van der Waals surface area contributed by atoms with E-state index >= 15 is 0 Å². The minimum Gasteiger partial charge on any atom is -0.368 e. The maximum absolute atomic E-state index is 5.48. The number of H-pyrrole nitrogens is 1. The number of nitrogen functional groups attached to an aromatic ring is 1. The van der Waals surface area contributed by atoms with Crippen molar-refractivity contribution >= 4 is 17.7 Å². The lowest BCUT2D eigenvalue weighted by Crippen LogP contribution is -2.12. The molecule has 5 heteroatoms. The Morgan fingerprint density at radius 1 is 1.40 bits per heavy atom. The van der Waals surface area contributed by atoms with Crippen LogP contribution in [0.1, 0.15) is 25.7 Å². The quantitative estimate of drug-likeness (QED) is 0.770. The van der Waals surface area contributed by atoms with Crippen molar-refractivity contribution in [2.45, 2.75) is 30.8 Å². The summed E-state index contributed by atoms with van der Waals surface area (Å²) in [6.07, 6.45) is 5.82. The molecule has 0 spiro atoms. The molecule has 4 nitrogen and oxygen atoms in total. The third-order valence-electron chi connectivity index (χ3n) is 3.79. The highest BCUT2D eigenvalue weighted by atomic mass is 32.2. The van der Waals surface area contributed by atoms with Crippen molar-refractivity contribution in [1.29, 1.82) is 0 Å². The zero-order valence-electron chi connectivity index (χ0n) is 8.65. The van der Waals surface area contributed by atoms with Crippen LogP contribution in [-0.2, 0) is 0 Å². The smallest absolute Gasteiger partial charge is 0.216 e. The molecule has 2 aliphatic carbocycles. The van der Waals surface area contributed by atoms with Gasteiger partial charge in [0.2, 0.25) is 11.1 Å². The molecule has 0 amide bonds. The van der Waals surface area contributed by atoms with Crippen LogP contribution >= 0.6 is 11.8 Å². The van der Waals surface area contributed by atoms with Crippen molar-refractivity contribution in [2.24, 2.45) is 17.8 Å². The molecule has 3 atom stereocenters. The largest absolute Gasteiger partial charge is 0.368 e. The Bertz CT molecular complexity index is 351. The molecule has 0 radical (unpaired) electrons. The van der Waals surface area contributed by atoms with Gasteiger partial charge < -0.3 is 5.73 Å². The Kier molecular flexibility index (Phi) is 2.35. The third kappa shape index (κ3) is 1.85. The normalized spacial score (nSPS) is 33.7. The van der Waals surface area contributed by atoms with Crippen molar-refractivity contribution in [3.8, 4) is 0 Å². The van der Waals surface area contributed by atoms with E-state index in [9.17, 15) is 0 Å². The van der Waals surface area contributed by atoms with Gasteiger partial charge in [-0.05, 0) is 37.0 Å². The summed E-state index contributed by atoms with van der Waals surface area (Å²) in [4.78, 5) is 4.11. The highest BCUT2D eigenvalue weighted by molar-refractivity contribution is 7.99. The number of rotatable bonds is 3. The molecule has 2 fully saturated rings. The van der Waals surface area contributed by atoms with Crippen LogP contribution in [0.25, 0.3) is 0 Å². The first kappa shape index (κ1) is 9.51. The van der Waals surface area contributed by atoms with Crippen LogP contribution in [0.3, 0.4) is 0 Å². The van der Waals surface area contributed by atoms with Crippen molar-refractivity contribution < 1.29 is 0 Å². The number of hydrogen-bond acceptors (Lipinski definition) is 4. The number of anilines is 1. The van der Waals surface area contributed by atoms with Crippen LogP contribution in [0, 0.1) is 17.8 Å². The Balaban J connectivity index is 1.54. The van der Waals surface area contributed by atoms with E-state index < -0.39 is 0 Å². The lowest BCUT2D eigenvalue weighted by molar-refractivity contribution is 0.365. The van der Waals surface area contributed by atoms with Crippen molar-refractivity contribution in [3.05, 3.63) is 0 Å². The number of aromatic amines is 1. The average Bonchev–Trinajstić information content (AvgIpc) is 2.90. The summed E-state index contributed by atoms with van der Waals surface area (Å²) >= 11 is 1.74.